The van der Waals surface area contributed by atoms with Gasteiger partial charge in [-0.25, -0.2) is 0 Å². The number of benzene rings is 1. The van der Waals surface area contributed by atoms with Crippen LogP contribution >= 0.6 is 23.8 Å². The lowest BCUT2D eigenvalue weighted by Gasteiger charge is -2.02. The number of hydrogen-bond acceptors (Lipinski definition) is 5. The fourth-order valence-electron chi connectivity index (χ4n) is 1.67. The van der Waals surface area contributed by atoms with Gasteiger partial charge < -0.3 is 10.2 Å². The molecule has 0 amide bonds. The molecule has 0 aliphatic carbocycles. The van der Waals surface area contributed by atoms with Gasteiger partial charge in [-0.05, 0) is 42.1 Å². The average Bonchev–Trinajstić information content (AvgIpc) is 2.95. The Morgan fingerprint density at radius 3 is 2.61 bits per heavy atom. The number of rotatable bonds is 5. The van der Waals surface area contributed by atoms with Crippen molar-refractivity contribution in [3.8, 4) is 0 Å². The largest absolute Gasteiger partial charge is 0.433 e. The summed E-state index contributed by atoms with van der Waals surface area (Å²) in [6, 6.07) is 9.74. The van der Waals surface area contributed by atoms with Gasteiger partial charge in [0.25, 0.3) is 0 Å². The molecule has 1 heterocycles. The molecule has 1 aromatic carbocycles. The smallest absolute Gasteiger partial charge is 0.401 e. The molecule has 2 aromatic rings. The molecule has 118 valence electrons. The van der Waals surface area contributed by atoms with Gasteiger partial charge in [0.15, 0.2) is 5.11 Å². The lowest BCUT2D eigenvalue weighted by molar-refractivity contribution is -0.402. The summed E-state index contributed by atoms with van der Waals surface area (Å²) in [6.07, 6.45) is 3.07. The van der Waals surface area contributed by atoms with E-state index in [1.165, 1.54) is 18.3 Å². The van der Waals surface area contributed by atoms with Gasteiger partial charge in [0.2, 0.25) is 0 Å². The van der Waals surface area contributed by atoms with Crippen molar-refractivity contribution >= 4 is 52.7 Å². The van der Waals surface area contributed by atoms with Gasteiger partial charge in [-0.15, -0.1) is 0 Å². The summed E-state index contributed by atoms with van der Waals surface area (Å²) in [7, 11) is 0. The molecule has 9 heteroatoms. The number of nitro groups is 1. The maximum absolute atomic E-state index is 10.7. The third-order valence-corrected chi connectivity index (χ3v) is 2.99. The number of nitrogens with zero attached hydrogens (tertiary/aromatic N) is 2. The molecule has 0 aliphatic rings. The first-order chi connectivity index (χ1) is 11.0. The number of furan rings is 1. The minimum Gasteiger partial charge on any atom is -0.401 e. The molecule has 23 heavy (non-hydrogen) atoms. The summed E-state index contributed by atoms with van der Waals surface area (Å²) in [5.41, 5.74) is 9.14. The topological polar surface area (TPSA) is 107 Å². The SMILES string of the molecule is NC(=S)NN=CC(=Cc1ccc([N+](=O)[O-])o1)c1ccc(Cl)cc1. The van der Waals surface area contributed by atoms with E-state index >= 15 is 0 Å². The summed E-state index contributed by atoms with van der Waals surface area (Å²) in [6.45, 7) is 0. The molecule has 0 saturated heterocycles. The molecule has 0 aliphatic heterocycles. The molecule has 0 bridgehead atoms. The van der Waals surface area contributed by atoms with Gasteiger partial charge in [-0.2, -0.15) is 5.10 Å². The summed E-state index contributed by atoms with van der Waals surface area (Å²) < 4.78 is 5.11. The molecule has 7 nitrogen and oxygen atoms in total. The highest BCUT2D eigenvalue weighted by Crippen LogP contribution is 2.22. The highest BCUT2D eigenvalue weighted by Gasteiger charge is 2.11. The molecule has 1 aromatic heterocycles. The van der Waals surface area contributed by atoms with Gasteiger partial charge >= 0.3 is 5.88 Å². The van der Waals surface area contributed by atoms with Crippen molar-refractivity contribution < 1.29 is 9.34 Å². The molecule has 0 fully saturated rings. The standard InChI is InChI=1S/C14H11ClN4O3S/c15-11-3-1-9(2-4-11)10(8-17-18-14(16)23)7-12-5-6-13(22-12)19(20)21/h1-8H,(H3,16,18,23). The third kappa shape index (κ3) is 4.90. The molecule has 3 N–H and O–H groups in total. The van der Waals surface area contributed by atoms with E-state index in [2.05, 4.69) is 22.7 Å². The van der Waals surface area contributed by atoms with E-state index < -0.39 is 4.92 Å². The fourth-order valence-corrected chi connectivity index (χ4v) is 1.85. The zero-order valence-electron chi connectivity index (χ0n) is 11.6. The van der Waals surface area contributed by atoms with Crippen LogP contribution in [-0.2, 0) is 0 Å². The normalized spacial score (nSPS) is 11.6. The molecule has 0 unspecified atom stereocenters. The minimum atomic E-state index is -0.609. The first-order valence-electron chi connectivity index (χ1n) is 6.26. The van der Waals surface area contributed by atoms with Crippen LogP contribution in [-0.4, -0.2) is 16.3 Å². The van der Waals surface area contributed by atoms with Crippen LogP contribution in [0.1, 0.15) is 11.3 Å². The van der Waals surface area contributed by atoms with Gasteiger partial charge in [0.1, 0.15) is 10.7 Å². The van der Waals surface area contributed by atoms with Gasteiger partial charge in [-0.1, -0.05) is 23.7 Å². The predicted octanol–water partition coefficient (Wildman–Crippen LogP) is 3.20. The van der Waals surface area contributed by atoms with Crippen LogP contribution in [0.4, 0.5) is 5.88 Å². The van der Waals surface area contributed by atoms with Gasteiger partial charge in [0, 0.05) is 10.6 Å². The number of hydrazone groups is 1. The molecular formula is C14H11ClN4O3S. The van der Waals surface area contributed by atoms with E-state index in [9.17, 15) is 10.1 Å². The second-order valence-corrected chi connectivity index (χ2v) is 5.15. The maximum Gasteiger partial charge on any atom is 0.433 e. The number of hydrogen-bond donors (Lipinski definition) is 2. The predicted molar refractivity (Wildman–Crippen MR) is 93.1 cm³/mol. The third-order valence-electron chi connectivity index (χ3n) is 2.65. The minimum absolute atomic E-state index is 0.0188. The van der Waals surface area contributed by atoms with E-state index in [4.69, 9.17) is 21.8 Å². The van der Waals surface area contributed by atoms with Crippen molar-refractivity contribution in [1.82, 2.24) is 5.43 Å². The number of nitrogens with one attached hydrogen (secondary N) is 1. The summed E-state index contributed by atoms with van der Waals surface area (Å²) in [5, 5.41) is 15.2. The lowest BCUT2D eigenvalue weighted by Crippen LogP contribution is -2.24. The quantitative estimate of drug-likeness (QED) is 0.371. The zero-order valence-corrected chi connectivity index (χ0v) is 13.2. The van der Waals surface area contributed by atoms with E-state index in [1.807, 2.05) is 0 Å². The Labute approximate surface area is 141 Å². The van der Waals surface area contributed by atoms with Crippen LogP contribution in [0.2, 0.25) is 5.02 Å². The van der Waals surface area contributed by atoms with Crippen LogP contribution < -0.4 is 11.2 Å². The highest BCUT2D eigenvalue weighted by molar-refractivity contribution is 7.80. The first kappa shape index (κ1) is 16.7. The van der Waals surface area contributed by atoms with E-state index in [-0.39, 0.29) is 11.0 Å². The number of halogens is 1. The van der Waals surface area contributed by atoms with Gasteiger partial charge in [-0.3, -0.25) is 15.5 Å². The summed E-state index contributed by atoms with van der Waals surface area (Å²) >= 11 is 10.5. The van der Waals surface area contributed by atoms with E-state index in [1.54, 1.807) is 30.3 Å². The molecule has 0 atom stereocenters. The Balaban J connectivity index is 2.36. The maximum atomic E-state index is 10.7. The Hall–Kier alpha value is -2.71. The Morgan fingerprint density at radius 1 is 1.35 bits per heavy atom. The molecule has 2 rings (SSSR count). The molecule has 0 radical (unpaired) electrons. The van der Waals surface area contributed by atoms with Crippen molar-refractivity contribution in [1.29, 1.82) is 0 Å². The molecule has 0 saturated carbocycles. The van der Waals surface area contributed by atoms with Crippen molar-refractivity contribution in [2.45, 2.75) is 0 Å². The summed E-state index contributed by atoms with van der Waals surface area (Å²) in [4.78, 5) is 10.1. The molecular weight excluding hydrogens is 340 g/mol. The van der Waals surface area contributed by atoms with Crippen LogP contribution in [0.3, 0.4) is 0 Å². The lowest BCUT2D eigenvalue weighted by atomic mass is 10.1. The van der Waals surface area contributed by atoms with E-state index in [0.717, 1.165) is 5.56 Å². The second-order valence-electron chi connectivity index (χ2n) is 4.27. The Bertz CT molecular complexity index is 784. The van der Waals surface area contributed by atoms with Gasteiger partial charge in [0.05, 0.1) is 12.3 Å². The van der Waals surface area contributed by atoms with Crippen molar-refractivity contribution in [2.24, 2.45) is 10.8 Å². The fraction of sp³-hybridized carbons (Fsp3) is 0. The van der Waals surface area contributed by atoms with Crippen LogP contribution in [0.25, 0.3) is 11.6 Å². The van der Waals surface area contributed by atoms with Crippen LogP contribution in [0.15, 0.2) is 45.9 Å². The van der Waals surface area contributed by atoms with Crippen LogP contribution in [0, 0.1) is 10.1 Å². The Kier molecular flexibility index (Phi) is 5.45. The molecule has 0 spiro atoms. The Morgan fingerprint density at radius 2 is 2.04 bits per heavy atom. The second kappa shape index (κ2) is 7.52. The first-order valence-corrected chi connectivity index (χ1v) is 7.04. The summed E-state index contributed by atoms with van der Waals surface area (Å²) in [5.74, 6) is -0.0340. The van der Waals surface area contributed by atoms with Crippen molar-refractivity contribution in [3.05, 3.63) is 62.9 Å². The van der Waals surface area contributed by atoms with E-state index in [0.29, 0.717) is 16.4 Å². The zero-order chi connectivity index (χ0) is 16.8. The van der Waals surface area contributed by atoms with Crippen LogP contribution in [0.5, 0.6) is 0 Å². The number of allylic oxidation sites excluding steroid dienone is 1. The monoisotopic (exact) mass is 350 g/mol. The van der Waals surface area contributed by atoms with Crippen molar-refractivity contribution in [2.75, 3.05) is 0 Å². The van der Waals surface area contributed by atoms with Crippen molar-refractivity contribution in [3.63, 3.8) is 0 Å². The number of nitrogens with two attached hydrogens (primary N) is 1. The highest BCUT2D eigenvalue weighted by atomic mass is 35.5. The average molecular weight is 351 g/mol. The number of thiocarbonyl (C=S) groups is 1.